The lowest BCUT2D eigenvalue weighted by atomic mass is 9.88. The van der Waals surface area contributed by atoms with Gasteiger partial charge in [-0.25, -0.2) is 0 Å². The Morgan fingerprint density at radius 2 is 1.92 bits per heavy atom. The smallest absolute Gasteiger partial charge is 0.303 e. The van der Waals surface area contributed by atoms with E-state index in [2.05, 4.69) is 6.92 Å². The maximum Gasteiger partial charge on any atom is 0.303 e. The average Bonchev–Trinajstić information content (AvgIpc) is 2.82. The van der Waals surface area contributed by atoms with Gasteiger partial charge in [0.25, 0.3) is 0 Å². The van der Waals surface area contributed by atoms with Crippen LogP contribution in [0.1, 0.15) is 77.6 Å². The molecule has 0 aromatic rings. The van der Waals surface area contributed by atoms with Gasteiger partial charge in [0.15, 0.2) is 0 Å². The van der Waals surface area contributed by atoms with Crippen molar-refractivity contribution in [2.75, 3.05) is 0 Å². The van der Waals surface area contributed by atoms with Gasteiger partial charge in [-0.3, -0.25) is 9.59 Å². The third-order valence-electron chi connectivity index (χ3n) is 5.05. The second kappa shape index (κ2) is 12.2. The summed E-state index contributed by atoms with van der Waals surface area (Å²) in [6.45, 7) is 2.12. The Bertz CT molecular complexity index is 432. The Hall–Kier alpha value is -1.20. The first-order valence-electron chi connectivity index (χ1n) is 9.74. The normalized spacial score (nSPS) is 24.9. The number of rotatable bonds is 13. The van der Waals surface area contributed by atoms with Crippen LogP contribution in [0.2, 0.25) is 0 Å². The summed E-state index contributed by atoms with van der Waals surface area (Å²) in [7, 11) is 0. The van der Waals surface area contributed by atoms with Gasteiger partial charge in [-0.2, -0.15) is 0 Å². The standard InChI is InChI=1S/C20H34O5/c1-2-3-6-9-15(21)12-13-17-16(18(22)14-19(17)23)10-7-4-5-8-11-20(24)25/h12-13,15-17,19,21,23H,2-11,14H2,1H3,(H,24,25)/t15-,16?,17+,19+/m0/s1. The fourth-order valence-corrected chi connectivity index (χ4v) is 3.54. The molecule has 1 saturated carbocycles. The first-order chi connectivity index (χ1) is 12.0. The van der Waals surface area contributed by atoms with Gasteiger partial charge in [0.1, 0.15) is 5.78 Å². The molecule has 5 nitrogen and oxygen atoms in total. The maximum atomic E-state index is 12.1. The lowest BCUT2D eigenvalue weighted by Gasteiger charge is -2.18. The number of unbranched alkanes of at least 4 members (excludes halogenated alkanes) is 5. The van der Waals surface area contributed by atoms with Gasteiger partial charge in [0, 0.05) is 24.7 Å². The predicted octanol–water partition coefficient (Wildman–Crippen LogP) is 3.48. The maximum absolute atomic E-state index is 12.1. The Labute approximate surface area is 151 Å². The summed E-state index contributed by atoms with van der Waals surface area (Å²) in [5.41, 5.74) is 0. The third-order valence-corrected chi connectivity index (χ3v) is 5.05. The second-order valence-electron chi connectivity index (χ2n) is 7.22. The van der Waals surface area contributed by atoms with Crippen LogP contribution >= 0.6 is 0 Å². The molecule has 0 saturated heterocycles. The zero-order valence-electron chi connectivity index (χ0n) is 15.4. The summed E-state index contributed by atoms with van der Waals surface area (Å²) in [6.07, 6.45) is 10.7. The molecule has 0 aliphatic heterocycles. The summed E-state index contributed by atoms with van der Waals surface area (Å²) in [6, 6.07) is 0. The van der Waals surface area contributed by atoms with E-state index in [9.17, 15) is 19.8 Å². The average molecular weight is 354 g/mol. The molecule has 0 amide bonds. The van der Waals surface area contributed by atoms with E-state index >= 15 is 0 Å². The number of aliphatic carboxylic acids is 1. The molecule has 0 heterocycles. The molecule has 0 bridgehead atoms. The molecule has 1 aliphatic carbocycles. The van der Waals surface area contributed by atoms with Crippen molar-refractivity contribution in [3.8, 4) is 0 Å². The molecule has 1 fully saturated rings. The van der Waals surface area contributed by atoms with Crippen molar-refractivity contribution in [1.29, 1.82) is 0 Å². The van der Waals surface area contributed by atoms with Crippen LogP contribution in [0.15, 0.2) is 12.2 Å². The molecule has 3 N–H and O–H groups in total. The molecular formula is C20H34O5. The fraction of sp³-hybridized carbons (Fsp3) is 0.800. The summed E-state index contributed by atoms with van der Waals surface area (Å²) >= 11 is 0. The summed E-state index contributed by atoms with van der Waals surface area (Å²) in [5.74, 6) is -1.04. The number of Topliss-reactive ketones (excluding diaryl/α,β-unsaturated/α-hetero) is 1. The minimum absolute atomic E-state index is 0.105. The number of hydrogen-bond acceptors (Lipinski definition) is 4. The van der Waals surface area contributed by atoms with Crippen LogP contribution in [-0.4, -0.2) is 39.3 Å². The number of aliphatic hydroxyl groups excluding tert-OH is 2. The van der Waals surface area contributed by atoms with Crippen LogP contribution in [0.4, 0.5) is 0 Å². The molecule has 25 heavy (non-hydrogen) atoms. The van der Waals surface area contributed by atoms with Crippen LogP contribution < -0.4 is 0 Å². The Morgan fingerprint density at radius 3 is 2.60 bits per heavy atom. The van der Waals surface area contributed by atoms with Gasteiger partial charge < -0.3 is 15.3 Å². The minimum Gasteiger partial charge on any atom is -0.481 e. The van der Waals surface area contributed by atoms with Crippen molar-refractivity contribution in [1.82, 2.24) is 0 Å². The minimum atomic E-state index is -0.767. The molecule has 0 aromatic carbocycles. The van der Waals surface area contributed by atoms with Gasteiger partial charge in [0.2, 0.25) is 0 Å². The second-order valence-corrected chi connectivity index (χ2v) is 7.22. The molecule has 1 unspecified atom stereocenters. The number of carbonyl (C=O) groups is 2. The molecule has 4 atom stereocenters. The summed E-state index contributed by atoms with van der Waals surface area (Å²) in [5, 5.41) is 28.7. The van der Waals surface area contributed by atoms with E-state index in [1.54, 1.807) is 6.08 Å². The van der Waals surface area contributed by atoms with Gasteiger partial charge >= 0.3 is 5.97 Å². The van der Waals surface area contributed by atoms with Crippen molar-refractivity contribution in [3.63, 3.8) is 0 Å². The monoisotopic (exact) mass is 354 g/mol. The van der Waals surface area contributed by atoms with Gasteiger partial charge in [-0.05, 0) is 19.3 Å². The van der Waals surface area contributed by atoms with Crippen LogP contribution in [0, 0.1) is 11.8 Å². The van der Waals surface area contributed by atoms with E-state index in [0.717, 1.165) is 51.4 Å². The third kappa shape index (κ3) is 8.63. The number of carbonyl (C=O) groups excluding carboxylic acids is 1. The lowest BCUT2D eigenvalue weighted by molar-refractivity contribution is -0.137. The van der Waals surface area contributed by atoms with E-state index in [0.29, 0.717) is 6.42 Å². The van der Waals surface area contributed by atoms with Crippen molar-refractivity contribution in [2.24, 2.45) is 11.8 Å². The Morgan fingerprint density at radius 1 is 1.20 bits per heavy atom. The quantitative estimate of drug-likeness (QED) is 0.348. The molecule has 5 heteroatoms. The van der Waals surface area contributed by atoms with E-state index in [1.807, 2.05) is 6.08 Å². The Balaban J connectivity index is 2.39. The number of hydrogen-bond donors (Lipinski definition) is 3. The van der Waals surface area contributed by atoms with Crippen LogP contribution in [0.25, 0.3) is 0 Å². The van der Waals surface area contributed by atoms with Crippen LogP contribution in [-0.2, 0) is 9.59 Å². The molecule has 0 aromatic heterocycles. The Kier molecular flexibility index (Phi) is 10.7. The van der Waals surface area contributed by atoms with Gasteiger partial charge in [-0.1, -0.05) is 57.6 Å². The van der Waals surface area contributed by atoms with E-state index in [1.165, 1.54) is 0 Å². The topological polar surface area (TPSA) is 94.8 Å². The highest BCUT2D eigenvalue weighted by Crippen LogP contribution is 2.34. The first-order valence-corrected chi connectivity index (χ1v) is 9.74. The zero-order chi connectivity index (χ0) is 18.7. The molecule has 1 aliphatic rings. The largest absolute Gasteiger partial charge is 0.481 e. The number of carboxylic acids is 1. The van der Waals surface area contributed by atoms with Crippen molar-refractivity contribution in [2.45, 2.75) is 89.8 Å². The zero-order valence-corrected chi connectivity index (χ0v) is 15.4. The number of aliphatic hydroxyl groups is 2. The fourth-order valence-electron chi connectivity index (χ4n) is 3.54. The lowest BCUT2D eigenvalue weighted by Crippen LogP contribution is -2.19. The van der Waals surface area contributed by atoms with E-state index in [4.69, 9.17) is 5.11 Å². The molecule has 144 valence electrons. The first kappa shape index (κ1) is 21.8. The molecule has 1 rings (SSSR count). The highest BCUT2D eigenvalue weighted by atomic mass is 16.4. The van der Waals surface area contributed by atoms with Gasteiger partial charge in [-0.15, -0.1) is 0 Å². The summed E-state index contributed by atoms with van der Waals surface area (Å²) in [4.78, 5) is 22.6. The van der Waals surface area contributed by atoms with Crippen LogP contribution in [0.3, 0.4) is 0 Å². The van der Waals surface area contributed by atoms with Crippen LogP contribution in [0.5, 0.6) is 0 Å². The molecule has 0 radical (unpaired) electrons. The highest BCUT2D eigenvalue weighted by molar-refractivity contribution is 5.84. The number of carboxylic acid groups (broad SMARTS) is 1. The molecular weight excluding hydrogens is 320 g/mol. The molecule has 0 spiro atoms. The SMILES string of the molecule is CCCCC[C@H](O)C=C[C@@H]1C(CCCCCCC(=O)O)C(=O)C[C@H]1O. The van der Waals surface area contributed by atoms with Crippen molar-refractivity contribution < 1.29 is 24.9 Å². The highest BCUT2D eigenvalue weighted by Gasteiger charge is 2.39. The van der Waals surface area contributed by atoms with E-state index < -0.39 is 18.2 Å². The van der Waals surface area contributed by atoms with Gasteiger partial charge in [0.05, 0.1) is 12.2 Å². The summed E-state index contributed by atoms with van der Waals surface area (Å²) < 4.78 is 0. The predicted molar refractivity (Wildman–Crippen MR) is 97.2 cm³/mol. The number of ketones is 1. The van der Waals surface area contributed by atoms with E-state index in [-0.39, 0.29) is 30.5 Å². The van der Waals surface area contributed by atoms with Crippen molar-refractivity contribution >= 4 is 11.8 Å². The van der Waals surface area contributed by atoms with Crippen molar-refractivity contribution in [3.05, 3.63) is 12.2 Å².